The van der Waals surface area contributed by atoms with Gasteiger partial charge in [-0.25, -0.2) is 4.79 Å². The van der Waals surface area contributed by atoms with Crippen molar-refractivity contribution in [3.05, 3.63) is 81.0 Å². The van der Waals surface area contributed by atoms with Crippen molar-refractivity contribution in [1.82, 2.24) is 9.55 Å². The van der Waals surface area contributed by atoms with Gasteiger partial charge in [-0.1, -0.05) is 43.7 Å². The van der Waals surface area contributed by atoms with Crippen LogP contribution in [0, 0.1) is 0 Å². The summed E-state index contributed by atoms with van der Waals surface area (Å²) in [5.41, 5.74) is 6.88. The molecular formula is C26H33N5O4. The molecule has 1 amide bonds. The minimum atomic E-state index is -0.672. The summed E-state index contributed by atoms with van der Waals surface area (Å²) in [5, 5.41) is 0. The fraction of sp³-hybridized carbons (Fsp3) is 0.346. The SMILES string of the molecule is CCCCn1c(N)c(N(CC)C(=O)CN(Cc2ccccc2)c2ccc(OC)cc2)c(=O)[nH]c1=O. The first-order chi connectivity index (χ1) is 16.9. The number of nitrogen functional groups attached to an aromatic ring is 1. The van der Waals surface area contributed by atoms with Crippen LogP contribution in [0.4, 0.5) is 17.2 Å². The van der Waals surface area contributed by atoms with Crippen LogP contribution in [-0.4, -0.2) is 35.7 Å². The highest BCUT2D eigenvalue weighted by Gasteiger charge is 2.25. The zero-order valence-electron chi connectivity index (χ0n) is 20.5. The Morgan fingerprint density at radius 3 is 2.34 bits per heavy atom. The Labute approximate surface area is 204 Å². The summed E-state index contributed by atoms with van der Waals surface area (Å²) in [6, 6.07) is 17.3. The topological polar surface area (TPSA) is 114 Å². The van der Waals surface area contributed by atoms with Gasteiger partial charge in [0.05, 0.1) is 13.7 Å². The Morgan fingerprint density at radius 1 is 1.06 bits per heavy atom. The number of unbranched alkanes of at least 4 members (excludes halogenated alkanes) is 1. The second-order valence-corrected chi connectivity index (χ2v) is 8.18. The highest BCUT2D eigenvalue weighted by molar-refractivity contribution is 5.98. The summed E-state index contributed by atoms with van der Waals surface area (Å²) in [6.07, 6.45) is 1.57. The van der Waals surface area contributed by atoms with Gasteiger partial charge in [-0.3, -0.25) is 19.1 Å². The number of nitrogens with one attached hydrogen (secondary N) is 1. The van der Waals surface area contributed by atoms with Crippen molar-refractivity contribution < 1.29 is 9.53 Å². The number of rotatable bonds is 11. The number of aromatic nitrogens is 2. The molecule has 0 fully saturated rings. The zero-order chi connectivity index (χ0) is 25.4. The predicted molar refractivity (Wildman–Crippen MR) is 139 cm³/mol. The summed E-state index contributed by atoms with van der Waals surface area (Å²) >= 11 is 0. The number of nitrogens with two attached hydrogens (primary N) is 1. The molecule has 186 valence electrons. The molecule has 9 heteroatoms. The average molecular weight is 480 g/mol. The van der Waals surface area contributed by atoms with Gasteiger partial charge in [-0.05, 0) is 43.2 Å². The largest absolute Gasteiger partial charge is 0.497 e. The normalized spacial score (nSPS) is 10.7. The minimum Gasteiger partial charge on any atom is -0.497 e. The third-order valence-corrected chi connectivity index (χ3v) is 5.82. The smallest absolute Gasteiger partial charge is 0.330 e. The van der Waals surface area contributed by atoms with Gasteiger partial charge in [-0.15, -0.1) is 0 Å². The summed E-state index contributed by atoms with van der Waals surface area (Å²) in [7, 11) is 1.60. The van der Waals surface area contributed by atoms with E-state index < -0.39 is 11.2 Å². The highest BCUT2D eigenvalue weighted by Crippen LogP contribution is 2.23. The van der Waals surface area contributed by atoms with Gasteiger partial charge in [0.1, 0.15) is 11.6 Å². The fourth-order valence-electron chi connectivity index (χ4n) is 3.92. The first kappa shape index (κ1) is 25.6. The lowest BCUT2D eigenvalue weighted by Crippen LogP contribution is -2.45. The summed E-state index contributed by atoms with van der Waals surface area (Å²) < 4.78 is 6.58. The number of carbonyl (C=O) groups excluding carboxylic acids is 1. The van der Waals surface area contributed by atoms with E-state index in [0.29, 0.717) is 18.8 Å². The Bertz CT molecular complexity index is 1240. The number of amides is 1. The van der Waals surface area contributed by atoms with Gasteiger partial charge in [-0.2, -0.15) is 0 Å². The first-order valence-electron chi connectivity index (χ1n) is 11.7. The van der Waals surface area contributed by atoms with E-state index in [2.05, 4.69) is 4.98 Å². The van der Waals surface area contributed by atoms with Crippen molar-refractivity contribution >= 4 is 23.1 Å². The van der Waals surface area contributed by atoms with Crippen LogP contribution in [0.15, 0.2) is 64.2 Å². The molecule has 0 spiro atoms. The molecule has 1 heterocycles. The van der Waals surface area contributed by atoms with Crippen LogP contribution in [0.2, 0.25) is 0 Å². The maximum absolute atomic E-state index is 13.6. The van der Waals surface area contributed by atoms with Crippen LogP contribution < -0.4 is 31.5 Å². The van der Waals surface area contributed by atoms with Crippen molar-refractivity contribution in [2.24, 2.45) is 0 Å². The molecule has 0 aliphatic rings. The number of benzene rings is 2. The number of hydrogen-bond donors (Lipinski definition) is 2. The van der Waals surface area contributed by atoms with E-state index >= 15 is 0 Å². The average Bonchev–Trinajstić information content (AvgIpc) is 2.86. The number of hydrogen-bond acceptors (Lipinski definition) is 6. The Morgan fingerprint density at radius 2 is 1.74 bits per heavy atom. The summed E-state index contributed by atoms with van der Waals surface area (Å²) in [6.45, 7) is 4.84. The molecule has 0 saturated carbocycles. The molecule has 35 heavy (non-hydrogen) atoms. The molecule has 3 aromatic rings. The van der Waals surface area contributed by atoms with Crippen LogP contribution in [0.5, 0.6) is 5.75 Å². The first-order valence-corrected chi connectivity index (χ1v) is 11.7. The minimum absolute atomic E-state index is 0.00135. The van der Waals surface area contributed by atoms with E-state index in [9.17, 15) is 14.4 Å². The Balaban J connectivity index is 1.95. The second-order valence-electron chi connectivity index (χ2n) is 8.18. The Kier molecular flexibility index (Phi) is 8.72. The third kappa shape index (κ3) is 6.11. The molecule has 0 aliphatic carbocycles. The van der Waals surface area contributed by atoms with Crippen molar-refractivity contribution in [2.45, 2.75) is 39.8 Å². The lowest BCUT2D eigenvalue weighted by molar-refractivity contribution is -0.117. The summed E-state index contributed by atoms with van der Waals surface area (Å²) in [4.78, 5) is 44.2. The van der Waals surface area contributed by atoms with E-state index in [1.807, 2.05) is 66.4 Å². The molecule has 0 bridgehead atoms. The molecule has 3 N–H and O–H groups in total. The van der Waals surface area contributed by atoms with Crippen LogP contribution in [0.1, 0.15) is 32.3 Å². The second kappa shape index (κ2) is 11.9. The van der Waals surface area contributed by atoms with E-state index in [-0.39, 0.29) is 30.5 Å². The molecule has 0 unspecified atom stereocenters. The lowest BCUT2D eigenvalue weighted by atomic mass is 10.2. The molecule has 0 radical (unpaired) electrons. The van der Waals surface area contributed by atoms with E-state index in [1.54, 1.807) is 14.0 Å². The molecular weight excluding hydrogens is 446 g/mol. The van der Waals surface area contributed by atoms with Gasteiger partial charge >= 0.3 is 5.69 Å². The predicted octanol–water partition coefficient (Wildman–Crippen LogP) is 2.99. The van der Waals surface area contributed by atoms with Crippen molar-refractivity contribution in [3.8, 4) is 5.75 Å². The van der Waals surface area contributed by atoms with E-state index in [4.69, 9.17) is 10.5 Å². The number of anilines is 3. The van der Waals surface area contributed by atoms with Crippen LogP contribution in [-0.2, 0) is 17.9 Å². The van der Waals surface area contributed by atoms with Crippen molar-refractivity contribution in [2.75, 3.05) is 35.7 Å². The monoisotopic (exact) mass is 479 g/mol. The number of aromatic amines is 1. The van der Waals surface area contributed by atoms with Gasteiger partial charge in [0.15, 0.2) is 5.69 Å². The number of carbonyl (C=O) groups is 1. The molecule has 9 nitrogen and oxygen atoms in total. The fourth-order valence-corrected chi connectivity index (χ4v) is 3.92. The number of likely N-dealkylation sites (N-methyl/N-ethyl adjacent to an activating group) is 1. The number of H-pyrrole nitrogens is 1. The van der Waals surface area contributed by atoms with Crippen LogP contribution in [0.25, 0.3) is 0 Å². The highest BCUT2D eigenvalue weighted by atomic mass is 16.5. The number of nitrogens with zero attached hydrogens (tertiary/aromatic N) is 3. The summed E-state index contributed by atoms with van der Waals surface area (Å²) in [5.74, 6) is 0.405. The quantitative estimate of drug-likeness (QED) is 0.437. The van der Waals surface area contributed by atoms with Gasteiger partial charge < -0.3 is 20.3 Å². The number of methoxy groups -OCH3 is 1. The van der Waals surface area contributed by atoms with E-state index in [1.165, 1.54) is 9.47 Å². The van der Waals surface area contributed by atoms with Crippen LogP contribution >= 0.6 is 0 Å². The number of ether oxygens (including phenoxy) is 1. The van der Waals surface area contributed by atoms with Crippen LogP contribution in [0.3, 0.4) is 0 Å². The maximum atomic E-state index is 13.6. The molecule has 3 rings (SSSR count). The molecule has 2 aromatic carbocycles. The van der Waals surface area contributed by atoms with Crippen molar-refractivity contribution in [1.29, 1.82) is 0 Å². The van der Waals surface area contributed by atoms with Gasteiger partial charge in [0, 0.05) is 25.3 Å². The maximum Gasteiger partial charge on any atom is 0.330 e. The molecule has 0 saturated heterocycles. The molecule has 0 aliphatic heterocycles. The van der Waals surface area contributed by atoms with Gasteiger partial charge in [0.25, 0.3) is 5.56 Å². The third-order valence-electron chi connectivity index (χ3n) is 5.82. The van der Waals surface area contributed by atoms with E-state index in [0.717, 1.165) is 24.1 Å². The molecule has 1 aromatic heterocycles. The standard InChI is InChI=1S/C26H33N5O4/c1-4-6-16-31-24(27)23(25(33)28-26(31)34)30(5-2)22(32)18-29(17-19-10-8-7-9-11-19)20-12-14-21(35-3)15-13-20/h7-15H,4-6,16-18,27H2,1-3H3,(H,28,33,34). The lowest BCUT2D eigenvalue weighted by Gasteiger charge is -2.29. The molecule has 0 atom stereocenters. The Hall–Kier alpha value is -4.01. The zero-order valence-corrected chi connectivity index (χ0v) is 20.5. The van der Waals surface area contributed by atoms with Gasteiger partial charge in [0.2, 0.25) is 5.91 Å². The van der Waals surface area contributed by atoms with Crippen molar-refractivity contribution in [3.63, 3.8) is 0 Å².